The van der Waals surface area contributed by atoms with Gasteiger partial charge in [-0.05, 0) is 12.8 Å². The molecule has 1 heterocycles. The Morgan fingerprint density at radius 2 is 1.09 bits per heavy atom. The van der Waals surface area contributed by atoms with Gasteiger partial charge in [-0.2, -0.15) is 0 Å². The summed E-state index contributed by atoms with van der Waals surface area (Å²) in [5, 5.41) is 43.6. The van der Waals surface area contributed by atoms with Gasteiger partial charge >= 0.3 is 0 Å². The molecule has 1 aliphatic rings. The molecule has 0 aromatic rings. The molecule has 0 aliphatic carbocycles. The first-order valence-corrected chi connectivity index (χ1v) is 19.2. The van der Waals surface area contributed by atoms with Crippen molar-refractivity contribution in [2.75, 3.05) is 13.2 Å². The van der Waals surface area contributed by atoms with Crippen molar-refractivity contribution in [2.45, 2.75) is 218 Å². The third-order valence-corrected chi connectivity index (χ3v) is 9.36. The van der Waals surface area contributed by atoms with Gasteiger partial charge in [-0.3, -0.25) is 4.79 Å². The third-order valence-electron chi connectivity index (χ3n) is 9.36. The van der Waals surface area contributed by atoms with Crippen molar-refractivity contribution in [1.82, 2.24) is 5.32 Å². The molecule has 0 saturated carbocycles. The van der Waals surface area contributed by atoms with Gasteiger partial charge in [-0.25, -0.2) is 0 Å². The summed E-state index contributed by atoms with van der Waals surface area (Å²) in [6.07, 6.45) is 25.4. The van der Waals surface area contributed by atoms with Crippen molar-refractivity contribution >= 4 is 5.91 Å². The quantitative estimate of drug-likeness (QED) is 0.0481. The molecule has 268 valence electrons. The van der Waals surface area contributed by atoms with Crippen LogP contribution in [0.1, 0.15) is 181 Å². The number of aliphatic hydroxyl groups excluding tert-OH is 4. The molecule has 0 unspecified atom stereocenters. The van der Waals surface area contributed by atoms with Gasteiger partial charge in [0.05, 0.1) is 25.4 Å². The summed E-state index contributed by atoms with van der Waals surface area (Å²) in [6.45, 7) is 4.02. The standard InChI is InChI=1S/C37H73NO7/c1-3-5-7-9-11-13-15-16-18-19-21-23-25-27-32(40)31(30-44-37-36(43)35(42)33(29-39)45-37)38-34(41)28-26-24-22-20-17-14-12-10-8-6-4-2/h31-33,35-37,39-40,42-43H,3-30H2,1-2H3,(H,38,41)/t31-,32-,33-,35+,36-,37+/m1/s1. The topological polar surface area (TPSA) is 128 Å². The van der Waals surface area contributed by atoms with Gasteiger partial charge in [0.15, 0.2) is 6.29 Å². The van der Waals surface area contributed by atoms with Crippen LogP contribution in [-0.4, -0.2) is 76.3 Å². The highest BCUT2D eigenvalue weighted by molar-refractivity contribution is 5.76. The van der Waals surface area contributed by atoms with Crippen LogP contribution in [0, 0.1) is 0 Å². The van der Waals surface area contributed by atoms with Crippen LogP contribution in [0.25, 0.3) is 0 Å². The molecular formula is C37H73NO7. The fourth-order valence-electron chi connectivity index (χ4n) is 6.25. The van der Waals surface area contributed by atoms with Gasteiger partial charge in [-0.15, -0.1) is 0 Å². The Morgan fingerprint density at radius 3 is 1.51 bits per heavy atom. The van der Waals surface area contributed by atoms with Crippen LogP contribution < -0.4 is 5.32 Å². The first-order chi connectivity index (χ1) is 21.9. The number of amides is 1. The monoisotopic (exact) mass is 644 g/mol. The molecule has 0 spiro atoms. The van der Waals surface area contributed by atoms with E-state index in [2.05, 4.69) is 19.2 Å². The van der Waals surface area contributed by atoms with E-state index in [1.54, 1.807) is 0 Å². The molecule has 1 saturated heterocycles. The average molecular weight is 644 g/mol. The van der Waals surface area contributed by atoms with E-state index in [1.165, 1.54) is 116 Å². The minimum absolute atomic E-state index is 0.0454. The second-order valence-electron chi connectivity index (χ2n) is 13.6. The Bertz CT molecular complexity index is 667. The molecule has 5 N–H and O–H groups in total. The maximum absolute atomic E-state index is 12.8. The Kier molecular flexibility index (Phi) is 27.6. The van der Waals surface area contributed by atoms with Gasteiger partial charge in [0.25, 0.3) is 0 Å². The fourth-order valence-corrected chi connectivity index (χ4v) is 6.25. The first kappa shape index (κ1) is 42.3. The number of carbonyl (C=O) groups is 1. The van der Waals surface area contributed by atoms with Gasteiger partial charge in [0.2, 0.25) is 5.91 Å². The van der Waals surface area contributed by atoms with Crippen LogP contribution >= 0.6 is 0 Å². The van der Waals surface area contributed by atoms with Gasteiger partial charge in [-0.1, -0.05) is 162 Å². The zero-order chi connectivity index (χ0) is 33.0. The highest BCUT2D eigenvalue weighted by atomic mass is 16.7. The summed E-state index contributed by atoms with van der Waals surface area (Å²) < 4.78 is 11.1. The van der Waals surface area contributed by atoms with Gasteiger partial charge in [0.1, 0.15) is 18.3 Å². The highest BCUT2D eigenvalue weighted by Crippen LogP contribution is 2.23. The van der Waals surface area contributed by atoms with Crippen LogP contribution in [0.15, 0.2) is 0 Å². The summed E-state index contributed by atoms with van der Waals surface area (Å²) >= 11 is 0. The average Bonchev–Trinajstić information content (AvgIpc) is 3.31. The van der Waals surface area contributed by atoms with Crippen molar-refractivity contribution in [1.29, 1.82) is 0 Å². The third kappa shape index (κ3) is 21.7. The van der Waals surface area contributed by atoms with E-state index in [9.17, 15) is 25.2 Å². The molecule has 8 nitrogen and oxygen atoms in total. The van der Waals surface area contributed by atoms with E-state index in [0.29, 0.717) is 12.8 Å². The molecule has 1 fully saturated rings. The minimum atomic E-state index is -1.30. The van der Waals surface area contributed by atoms with Crippen molar-refractivity contribution in [3.63, 3.8) is 0 Å². The number of rotatable bonds is 32. The number of hydrogen-bond donors (Lipinski definition) is 5. The molecule has 0 aromatic carbocycles. The highest BCUT2D eigenvalue weighted by Gasteiger charge is 2.43. The van der Waals surface area contributed by atoms with Gasteiger partial charge in [0, 0.05) is 6.42 Å². The molecule has 1 aliphatic heterocycles. The van der Waals surface area contributed by atoms with E-state index in [-0.39, 0.29) is 12.5 Å². The Labute approximate surface area is 276 Å². The Hall–Kier alpha value is -0.770. The first-order valence-electron chi connectivity index (χ1n) is 19.2. The lowest BCUT2D eigenvalue weighted by Gasteiger charge is -2.26. The number of aliphatic hydroxyl groups is 4. The van der Waals surface area contributed by atoms with Crippen LogP contribution in [0.3, 0.4) is 0 Å². The predicted molar refractivity (Wildman–Crippen MR) is 183 cm³/mol. The van der Waals surface area contributed by atoms with Crippen molar-refractivity contribution in [3.05, 3.63) is 0 Å². The second-order valence-corrected chi connectivity index (χ2v) is 13.6. The summed E-state index contributed by atoms with van der Waals surface area (Å²) in [4.78, 5) is 12.8. The predicted octanol–water partition coefficient (Wildman–Crippen LogP) is 7.47. The van der Waals surface area contributed by atoms with Crippen molar-refractivity contribution in [3.8, 4) is 0 Å². The zero-order valence-corrected chi connectivity index (χ0v) is 29.3. The lowest BCUT2D eigenvalue weighted by atomic mass is 10.0. The number of carbonyl (C=O) groups excluding carboxylic acids is 1. The van der Waals surface area contributed by atoms with Crippen LogP contribution in [0.4, 0.5) is 0 Å². The molecule has 6 atom stereocenters. The maximum Gasteiger partial charge on any atom is 0.220 e. The van der Waals surface area contributed by atoms with Gasteiger partial charge < -0.3 is 35.2 Å². The molecule has 0 radical (unpaired) electrons. The van der Waals surface area contributed by atoms with Crippen LogP contribution in [0.2, 0.25) is 0 Å². The zero-order valence-electron chi connectivity index (χ0n) is 29.3. The van der Waals surface area contributed by atoms with E-state index in [1.807, 2.05) is 0 Å². The van der Waals surface area contributed by atoms with Crippen LogP contribution in [0.5, 0.6) is 0 Å². The fraction of sp³-hybridized carbons (Fsp3) is 0.973. The van der Waals surface area contributed by atoms with E-state index in [0.717, 1.165) is 38.5 Å². The summed E-state index contributed by atoms with van der Waals surface area (Å²) in [7, 11) is 0. The lowest BCUT2D eigenvalue weighted by molar-refractivity contribution is -0.177. The van der Waals surface area contributed by atoms with E-state index >= 15 is 0 Å². The molecule has 1 rings (SSSR count). The second kappa shape index (κ2) is 29.4. The summed E-state index contributed by atoms with van der Waals surface area (Å²) in [6, 6.07) is -0.636. The number of ether oxygens (including phenoxy) is 2. The summed E-state index contributed by atoms with van der Waals surface area (Å²) in [5.74, 6) is -0.106. The number of unbranched alkanes of at least 4 members (excludes halogenated alkanes) is 22. The normalized spacial score (nSPS) is 21.3. The molecular weight excluding hydrogens is 570 g/mol. The molecule has 1 amide bonds. The smallest absolute Gasteiger partial charge is 0.220 e. The molecule has 0 bridgehead atoms. The Balaban J connectivity index is 2.32. The lowest BCUT2D eigenvalue weighted by Crippen LogP contribution is -2.48. The minimum Gasteiger partial charge on any atom is -0.394 e. The molecule has 8 heteroatoms. The molecule has 45 heavy (non-hydrogen) atoms. The Morgan fingerprint density at radius 1 is 0.667 bits per heavy atom. The number of hydrogen-bond acceptors (Lipinski definition) is 7. The van der Waals surface area contributed by atoms with E-state index in [4.69, 9.17) is 9.47 Å². The SMILES string of the molecule is CCCCCCCCCCCCCCC[C@@H](O)[C@@H](CO[C@H]1O[C@H](CO)[C@H](O)[C@H]1O)NC(=O)CCCCCCCCCCCCC. The van der Waals surface area contributed by atoms with Crippen molar-refractivity contribution < 1.29 is 34.7 Å². The number of nitrogens with one attached hydrogen (secondary N) is 1. The maximum atomic E-state index is 12.8. The van der Waals surface area contributed by atoms with Crippen molar-refractivity contribution in [2.24, 2.45) is 0 Å². The molecule has 0 aromatic heterocycles. The summed E-state index contributed by atoms with van der Waals surface area (Å²) in [5.41, 5.74) is 0. The largest absolute Gasteiger partial charge is 0.394 e. The van der Waals surface area contributed by atoms with E-state index < -0.39 is 43.4 Å². The van der Waals surface area contributed by atoms with Crippen LogP contribution in [-0.2, 0) is 14.3 Å².